The molecule has 0 aromatic carbocycles. The van der Waals surface area contributed by atoms with Gasteiger partial charge in [-0.05, 0) is 0 Å². The standard InChI is InChI=1S/6CN.Fe.K.Li/c6*1-2;;;/q6*-1;+4;2*+1. The van der Waals surface area contributed by atoms with Gasteiger partial charge >= 0.3 is 87.3 Å². The van der Waals surface area contributed by atoms with Crippen molar-refractivity contribution in [3.63, 3.8) is 0 Å². The van der Waals surface area contributed by atoms with Crippen molar-refractivity contribution in [2.24, 2.45) is 0 Å². The molecule has 0 spiro atoms. The van der Waals surface area contributed by atoms with Crippen LogP contribution in [0.3, 0.4) is 0 Å². The third kappa shape index (κ3) is 19900. The molecule has 0 bridgehead atoms. The molecule has 0 aliphatic rings. The molecule has 64 valence electrons. The summed E-state index contributed by atoms with van der Waals surface area (Å²) in [5.74, 6) is 0. The number of hydrogen-bond donors (Lipinski definition) is 0. The Kier molecular flexibility index (Phi) is 133000. The molecule has 0 fully saturated rings. The summed E-state index contributed by atoms with van der Waals surface area (Å²) < 4.78 is 0. The Morgan fingerprint density at radius 3 is 0.400 bits per heavy atom. The second-order valence-electron chi connectivity index (χ2n) is 0. The van der Waals surface area contributed by atoms with E-state index in [0.29, 0.717) is 0 Å². The van der Waals surface area contributed by atoms with E-state index in [9.17, 15) is 0 Å². The Bertz CT molecular complexity index is 103. The normalized spacial score (nSPS) is 0.800. The maximum atomic E-state index is 6.25. The zero-order valence-corrected chi connectivity index (χ0v) is 12.3. The molecule has 0 aliphatic heterocycles. The van der Waals surface area contributed by atoms with Crippen LogP contribution in [0.2, 0.25) is 0 Å². The van der Waals surface area contributed by atoms with Gasteiger partial charge in [-0.25, -0.2) is 0 Å². The number of nitrogens with zero attached hydrogens (tertiary/aromatic N) is 6. The van der Waals surface area contributed by atoms with Crippen molar-refractivity contribution in [2.45, 2.75) is 0 Å². The minimum atomic E-state index is 0. The minimum Gasteiger partial charge on any atom is -0.512 e. The Morgan fingerprint density at radius 1 is 0.400 bits per heavy atom. The fraction of sp³-hybridized carbons (Fsp3) is 0. The van der Waals surface area contributed by atoms with Crippen molar-refractivity contribution in [3.05, 3.63) is 39.4 Å². The van der Waals surface area contributed by atoms with Crippen LogP contribution in [0.25, 0.3) is 0 Å². The van der Waals surface area contributed by atoms with Gasteiger partial charge in [0.25, 0.3) is 0 Å². The summed E-state index contributed by atoms with van der Waals surface area (Å²) in [5.41, 5.74) is 0. The van der Waals surface area contributed by atoms with Crippen molar-refractivity contribution in [1.82, 2.24) is 0 Å². The van der Waals surface area contributed by atoms with Crippen LogP contribution in [0.1, 0.15) is 0 Å². The molecule has 0 heterocycles. The maximum absolute atomic E-state index is 6.25. The first-order valence-corrected chi connectivity index (χ1v) is 1.34. The molecule has 0 atom stereocenters. The average molecular weight is 258 g/mol. The van der Waals surface area contributed by atoms with Crippen LogP contribution in [0.5, 0.6) is 0 Å². The molecular formula is C6FeKLiN6. The second kappa shape index (κ2) is 23400. The Balaban J connectivity index is -0.00000000396. The van der Waals surface area contributed by atoms with Crippen molar-refractivity contribution in [2.75, 3.05) is 0 Å². The van der Waals surface area contributed by atoms with E-state index >= 15 is 0 Å². The largest absolute Gasteiger partial charge is 4.00 e. The Morgan fingerprint density at radius 2 is 0.400 bits per heavy atom. The zero-order chi connectivity index (χ0) is 12.0. The summed E-state index contributed by atoms with van der Waals surface area (Å²) in [7, 11) is 0. The van der Waals surface area contributed by atoms with Gasteiger partial charge in [0.2, 0.25) is 0 Å². The van der Waals surface area contributed by atoms with E-state index in [1.165, 1.54) is 0 Å². The van der Waals surface area contributed by atoms with Crippen LogP contribution in [0.15, 0.2) is 0 Å². The van der Waals surface area contributed by atoms with E-state index in [2.05, 4.69) is 0 Å². The third-order valence-electron chi connectivity index (χ3n) is 0. The van der Waals surface area contributed by atoms with E-state index in [-0.39, 0.29) is 87.3 Å². The van der Waals surface area contributed by atoms with Crippen molar-refractivity contribution in [3.8, 4) is 0 Å². The third-order valence-corrected chi connectivity index (χ3v) is 0. The summed E-state index contributed by atoms with van der Waals surface area (Å²) in [6, 6.07) is 0. The predicted molar refractivity (Wildman–Crippen MR) is 29.8 cm³/mol. The molecule has 0 amide bonds. The zero-order valence-electron chi connectivity index (χ0n) is 8.04. The van der Waals surface area contributed by atoms with Crippen LogP contribution in [-0.2, 0) is 17.1 Å². The van der Waals surface area contributed by atoms with E-state index < -0.39 is 0 Å². The summed E-state index contributed by atoms with van der Waals surface area (Å²) in [6.45, 7) is 28.5. The van der Waals surface area contributed by atoms with Gasteiger partial charge in [-0.15, -0.1) is 0 Å². The summed E-state index contributed by atoms with van der Waals surface area (Å²) in [5, 5.41) is 37.5. The molecule has 0 radical (unpaired) electrons. The topological polar surface area (TPSA) is 143 Å². The molecule has 0 rings (SSSR count). The smallest absolute Gasteiger partial charge is 0.512 e. The fourth-order valence-corrected chi connectivity index (χ4v) is 0. The molecule has 0 saturated heterocycles. The van der Waals surface area contributed by atoms with E-state index in [0.717, 1.165) is 0 Å². The maximum Gasteiger partial charge on any atom is 4.00 e. The van der Waals surface area contributed by atoms with E-state index in [1.807, 2.05) is 0 Å². The minimum absolute atomic E-state index is 0. The van der Waals surface area contributed by atoms with Gasteiger partial charge in [-0.2, -0.15) is 0 Å². The van der Waals surface area contributed by atoms with Crippen LogP contribution >= 0.6 is 0 Å². The molecule has 0 unspecified atom stereocenters. The average Bonchev–Trinajstić information content (AvgIpc) is 2.33. The molecule has 15 heavy (non-hydrogen) atoms. The summed E-state index contributed by atoms with van der Waals surface area (Å²) >= 11 is 0. The molecule has 6 nitrogen and oxygen atoms in total. The second-order valence-corrected chi connectivity index (χ2v) is 0. The van der Waals surface area contributed by atoms with Crippen molar-refractivity contribution < 1.29 is 87.3 Å². The predicted octanol–water partition coefficient (Wildman–Crippen LogP) is -5.42. The summed E-state index contributed by atoms with van der Waals surface area (Å²) in [4.78, 5) is 0. The first-order valence-electron chi connectivity index (χ1n) is 1.34. The first kappa shape index (κ1) is 85.0. The number of rotatable bonds is 0. The van der Waals surface area contributed by atoms with Crippen LogP contribution in [0, 0.1) is 71.0 Å². The molecule has 0 aromatic heterocycles. The van der Waals surface area contributed by atoms with Crippen molar-refractivity contribution in [1.29, 1.82) is 31.6 Å². The van der Waals surface area contributed by atoms with E-state index in [1.54, 1.807) is 0 Å². The first-order chi connectivity index (χ1) is 6.00. The van der Waals surface area contributed by atoms with Gasteiger partial charge in [-0.3, -0.25) is 0 Å². The van der Waals surface area contributed by atoms with Gasteiger partial charge < -0.3 is 71.0 Å². The van der Waals surface area contributed by atoms with Crippen LogP contribution in [-0.4, -0.2) is 0 Å². The summed E-state index contributed by atoms with van der Waals surface area (Å²) in [6.07, 6.45) is 0. The van der Waals surface area contributed by atoms with Gasteiger partial charge in [0.15, 0.2) is 0 Å². The molecule has 9 heteroatoms. The molecule has 0 aliphatic carbocycles. The van der Waals surface area contributed by atoms with Gasteiger partial charge in [0.1, 0.15) is 0 Å². The Hall–Kier alpha value is -0.307. The quantitative estimate of drug-likeness (QED) is 0.313. The van der Waals surface area contributed by atoms with Gasteiger partial charge in [0.05, 0.1) is 0 Å². The van der Waals surface area contributed by atoms with E-state index in [4.69, 9.17) is 71.0 Å². The molecular weight excluding hydrogens is 258 g/mol. The van der Waals surface area contributed by atoms with Gasteiger partial charge in [0, 0.05) is 0 Å². The molecule has 0 aromatic rings. The molecule has 0 N–H and O–H groups in total. The Labute approximate surface area is 156 Å². The van der Waals surface area contributed by atoms with Crippen LogP contribution < -0.4 is 70.2 Å². The molecule has 0 saturated carbocycles. The van der Waals surface area contributed by atoms with Crippen LogP contribution in [0.4, 0.5) is 0 Å². The van der Waals surface area contributed by atoms with Gasteiger partial charge in [-0.1, -0.05) is 0 Å². The monoisotopic (exact) mass is 258 g/mol. The fourth-order valence-electron chi connectivity index (χ4n) is 0. The number of hydrogen-bond acceptors (Lipinski definition) is 6. The SMILES string of the molecule is [C-]#N.[C-]#N.[C-]#N.[C-]#N.[C-]#N.[C-]#N.[Fe+4].[K+].[Li+]. The van der Waals surface area contributed by atoms with Crippen molar-refractivity contribution >= 4 is 0 Å².